The van der Waals surface area contributed by atoms with E-state index in [0.717, 1.165) is 31.5 Å². The quantitative estimate of drug-likeness (QED) is 0.613. The van der Waals surface area contributed by atoms with Gasteiger partial charge >= 0.3 is 5.97 Å². The molecule has 0 bridgehead atoms. The molecule has 0 atom stereocenters. The molecule has 100 valence electrons. The average Bonchev–Trinajstić information content (AvgIpc) is 2.33. The van der Waals surface area contributed by atoms with Gasteiger partial charge in [-0.3, -0.25) is 4.79 Å². The molecule has 0 saturated carbocycles. The van der Waals surface area contributed by atoms with E-state index in [9.17, 15) is 4.79 Å². The first-order valence-electron chi connectivity index (χ1n) is 6.29. The van der Waals surface area contributed by atoms with Gasteiger partial charge in [0.1, 0.15) is 6.10 Å². The van der Waals surface area contributed by atoms with E-state index in [-0.39, 0.29) is 24.5 Å². The van der Waals surface area contributed by atoms with Crippen LogP contribution in [0.1, 0.15) is 18.4 Å². The number of hydrogen-bond donors (Lipinski definition) is 1. The summed E-state index contributed by atoms with van der Waals surface area (Å²) in [6.07, 6.45) is 2.51. The molecule has 0 spiro atoms. The van der Waals surface area contributed by atoms with E-state index >= 15 is 0 Å². The fraction of sp³-hybridized carbons (Fsp3) is 0.500. The van der Waals surface area contributed by atoms with E-state index in [1.807, 2.05) is 30.3 Å². The van der Waals surface area contributed by atoms with E-state index in [1.165, 1.54) is 4.90 Å². The number of likely N-dealkylation sites (tertiary alicyclic amines) is 1. The number of hydrogen-bond acceptors (Lipinski definition) is 2. The molecule has 0 amide bonds. The molecule has 4 heteroatoms. The second kappa shape index (κ2) is 7.39. The molecule has 1 aromatic carbocycles. The Kier molecular flexibility index (Phi) is 6.16. The van der Waals surface area contributed by atoms with E-state index in [0.29, 0.717) is 6.42 Å². The van der Waals surface area contributed by atoms with E-state index in [4.69, 9.17) is 4.74 Å². The summed E-state index contributed by atoms with van der Waals surface area (Å²) in [6.45, 7) is 2.20. The van der Waals surface area contributed by atoms with Crippen molar-refractivity contribution in [3.05, 3.63) is 35.9 Å². The lowest BCUT2D eigenvalue weighted by atomic mass is 10.1. The first-order valence-corrected chi connectivity index (χ1v) is 6.29. The van der Waals surface area contributed by atoms with Crippen molar-refractivity contribution in [2.24, 2.45) is 0 Å². The van der Waals surface area contributed by atoms with Crippen molar-refractivity contribution >= 4 is 5.97 Å². The fourth-order valence-electron chi connectivity index (χ4n) is 2.19. The highest BCUT2D eigenvalue weighted by molar-refractivity contribution is 5.72. The van der Waals surface area contributed by atoms with Gasteiger partial charge in [-0.05, 0) is 5.56 Å². The molecule has 0 radical (unpaired) electrons. The van der Waals surface area contributed by atoms with Crippen LogP contribution in [0.2, 0.25) is 0 Å². The second-order valence-corrected chi connectivity index (χ2v) is 4.81. The first kappa shape index (κ1) is 15.0. The minimum atomic E-state index is -0.0965. The second-order valence-electron chi connectivity index (χ2n) is 4.81. The van der Waals surface area contributed by atoms with Crippen molar-refractivity contribution in [3.63, 3.8) is 0 Å². The zero-order valence-electron chi connectivity index (χ0n) is 10.7. The largest absolute Gasteiger partial charge is 1.00 e. The van der Waals surface area contributed by atoms with E-state index in [2.05, 4.69) is 7.05 Å². The van der Waals surface area contributed by atoms with Crippen LogP contribution < -0.4 is 17.3 Å². The van der Waals surface area contributed by atoms with Crippen molar-refractivity contribution in [3.8, 4) is 0 Å². The number of carbonyl (C=O) groups is 1. The number of piperidine rings is 1. The van der Waals surface area contributed by atoms with Crippen LogP contribution in [0.25, 0.3) is 0 Å². The molecule has 1 fully saturated rings. The van der Waals surface area contributed by atoms with Crippen molar-refractivity contribution < 1.29 is 26.8 Å². The maximum absolute atomic E-state index is 11.7. The standard InChI is InChI=1S/C14H19NO2.ClH/c1-15-9-7-13(8-10-15)17-14(16)11-12-5-3-2-4-6-12;/h2-6,13H,7-11H2,1H3;1H. The molecule has 3 nitrogen and oxygen atoms in total. The third-order valence-corrected chi connectivity index (χ3v) is 3.28. The summed E-state index contributed by atoms with van der Waals surface area (Å²) in [7, 11) is 2.18. The van der Waals surface area contributed by atoms with Gasteiger partial charge in [0.2, 0.25) is 0 Å². The zero-order valence-corrected chi connectivity index (χ0v) is 11.5. The first-order chi connectivity index (χ1) is 8.24. The van der Waals surface area contributed by atoms with Crippen LogP contribution >= 0.6 is 0 Å². The SMILES string of the molecule is C[NH+]1CCC(OC(=O)Cc2ccccc2)CC1.[Cl-]. The lowest BCUT2D eigenvalue weighted by Crippen LogP contribution is -3.10. The minimum absolute atomic E-state index is 0. The van der Waals surface area contributed by atoms with Gasteiger partial charge in [0.05, 0.1) is 26.6 Å². The Morgan fingerprint density at radius 1 is 1.28 bits per heavy atom. The predicted octanol–water partition coefficient (Wildman–Crippen LogP) is -2.55. The summed E-state index contributed by atoms with van der Waals surface area (Å²) in [6, 6.07) is 9.76. The van der Waals surface area contributed by atoms with Crippen LogP contribution in [-0.4, -0.2) is 32.2 Å². The molecule has 1 heterocycles. The number of halogens is 1. The third kappa shape index (κ3) is 4.67. The number of carbonyl (C=O) groups excluding carboxylic acids is 1. The van der Waals surface area contributed by atoms with Gasteiger partial charge in [0.25, 0.3) is 0 Å². The summed E-state index contributed by atoms with van der Waals surface area (Å²) in [5.74, 6) is -0.0965. The molecule has 0 unspecified atom stereocenters. The van der Waals surface area contributed by atoms with Crippen molar-refractivity contribution in [2.45, 2.75) is 25.4 Å². The highest BCUT2D eigenvalue weighted by Crippen LogP contribution is 2.08. The smallest absolute Gasteiger partial charge is 0.310 e. The van der Waals surface area contributed by atoms with Crippen molar-refractivity contribution in [2.75, 3.05) is 20.1 Å². The summed E-state index contributed by atoms with van der Waals surface area (Å²) >= 11 is 0. The maximum atomic E-state index is 11.7. The number of ether oxygens (including phenoxy) is 1. The Morgan fingerprint density at radius 3 is 2.50 bits per heavy atom. The van der Waals surface area contributed by atoms with Crippen LogP contribution in [0.15, 0.2) is 30.3 Å². The monoisotopic (exact) mass is 269 g/mol. The molecule has 0 aromatic heterocycles. The zero-order chi connectivity index (χ0) is 12.1. The number of nitrogens with one attached hydrogen (secondary N) is 1. The van der Waals surface area contributed by atoms with Crippen molar-refractivity contribution in [1.82, 2.24) is 0 Å². The lowest BCUT2D eigenvalue weighted by molar-refractivity contribution is -0.885. The Morgan fingerprint density at radius 2 is 1.89 bits per heavy atom. The Hall–Kier alpha value is -1.06. The van der Waals surface area contributed by atoms with Gasteiger partial charge in [-0.15, -0.1) is 0 Å². The van der Waals surface area contributed by atoms with Crippen molar-refractivity contribution in [1.29, 1.82) is 0 Å². The Balaban J connectivity index is 0.00000162. The van der Waals surface area contributed by atoms with E-state index in [1.54, 1.807) is 0 Å². The number of quaternary nitrogens is 1. The normalized spacial score (nSPS) is 22.9. The average molecular weight is 270 g/mol. The maximum Gasteiger partial charge on any atom is 0.310 e. The van der Waals surface area contributed by atoms with Gasteiger partial charge in [0.15, 0.2) is 0 Å². The summed E-state index contributed by atoms with van der Waals surface area (Å²) < 4.78 is 5.49. The van der Waals surface area contributed by atoms with Gasteiger partial charge in [-0.2, -0.15) is 0 Å². The Bertz CT molecular complexity index is 361. The van der Waals surface area contributed by atoms with Crippen LogP contribution in [0.5, 0.6) is 0 Å². The summed E-state index contributed by atoms with van der Waals surface area (Å²) in [4.78, 5) is 13.3. The molecular formula is C14H20ClNO2. The molecule has 1 aliphatic heterocycles. The fourth-order valence-corrected chi connectivity index (χ4v) is 2.19. The molecule has 1 aromatic rings. The number of rotatable bonds is 3. The number of benzene rings is 1. The molecule has 0 aliphatic carbocycles. The molecule has 2 rings (SSSR count). The summed E-state index contributed by atoms with van der Waals surface area (Å²) in [5, 5.41) is 0. The van der Waals surface area contributed by atoms with Gasteiger partial charge in [-0.1, -0.05) is 30.3 Å². The van der Waals surface area contributed by atoms with Gasteiger partial charge in [0, 0.05) is 12.8 Å². The minimum Gasteiger partial charge on any atom is -1.00 e. The number of esters is 1. The van der Waals surface area contributed by atoms with Crippen LogP contribution in [-0.2, 0) is 16.0 Å². The third-order valence-electron chi connectivity index (χ3n) is 3.28. The molecule has 1 aliphatic rings. The van der Waals surface area contributed by atoms with Crippen LogP contribution in [0.4, 0.5) is 0 Å². The van der Waals surface area contributed by atoms with Gasteiger partial charge < -0.3 is 22.0 Å². The highest BCUT2D eigenvalue weighted by Gasteiger charge is 2.22. The highest BCUT2D eigenvalue weighted by atomic mass is 35.5. The molecule has 1 N–H and O–H groups in total. The molecule has 1 saturated heterocycles. The van der Waals surface area contributed by atoms with E-state index < -0.39 is 0 Å². The van der Waals surface area contributed by atoms with Crippen LogP contribution in [0, 0.1) is 0 Å². The topological polar surface area (TPSA) is 30.7 Å². The summed E-state index contributed by atoms with van der Waals surface area (Å²) in [5.41, 5.74) is 1.02. The Labute approximate surface area is 115 Å². The van der Waals surface area contributed by atoms with Crippen LogP contribution in [0.3, 0.4) is 0 Å². The molecule has 18 heavy (non-hydrogen) atoms. The lowest BCUT2D eigenvalue weighted by Gasteiger charge is -2.26. The van der Waals surface area contributed by atoms with Gasteiger partial charge in [-0.25, -0.2) is 0 Å². The molecular weight excluding hydrogens is 250 g/mol. The predicted molar refractivity (Wildman–Crippen MR) is 65.9 cm³/mol.